The van der Waals surface area contributed by atoms with E-state index in [9.17, 15) is 9.59 Å². The summed E-state index contributed by atoms with van der Waals surface area (Å²) in [6.45, 7) is 12.0. The van der Waals surface area contributed by atoms with Crippen LogP contribution >= 0.6 is 15.9 Å². The Bertz CT molecular complexity index is 578. The first-order valence-corrected chi connectivity index (χ1v) is 7.85. The predicted molar refractivity (Wildman–Crippen MR) is 89.4 cm³/mol. The minimum absolute atomic E-state index is 0.0131. The molecule has 8 heteroatoms. The van der Waals surface area contributed by atoms with Crippen molar-refractivity contribution in [2.75, 3.05) is 4.90 Å². The third kappa shape index (κ3) is 6.13. The van der Waals surface area contributed by atoms with Gasteiger partial charge in [-0.15, -0.1) is 5.10 Å². The normalized spacial score (nSPS) is 11.8. The van der Waals surface area contributed by atoms with Gasteiger partial charge in [0.25, 0.3) is 0 Å². The maximum Gasteiger partial charge on any atom is 0.425 e. The molecule has 1 heterocycles. The molecule has 0 radical (unpaired) electrons. The number of hydrogen-bond donors (Lipinski definition) is 0. The van der Waals surface area contributed by atoms with Gasteiger partial charge in [-0.25, -0.2) is 9.59 Å². The molecule has 0 N–H and O–H groups in total. The van der Waals surface area contributed by atoms with Crippen LogP contribution in [0.2, 0.25) is 0 Å². The summed E-state index contributed by atoms with van der Waals surface area (Å²) in [6.07, 6.45) is -1.77. The molecule has 2 amide bonds. The second-order valence-electron chi connectivity index (χ2n) is 6.95. The lowest BCUT2D eigenvalue weighted by molar-refractivity contribution is 0.0428. The Hall–Kier alpha value is -1.70. The summed E-state index contributed by atoms with van der Waals surface area (Å²) in [5.74, 6) is 0.0131. The molecule has 0 spiro atoms. The van der Waals surface area contributed by atoms with Crippen LogP contribution < -0.4 is 4.90 Å². The maximum absolute atomic E-state index is 12.4. The zero-order valence-electron chi connectivity index (χ0n) is 14.4. The van der Waals surface area contributed by atoms with E-state index in [0.717, 1.165) is 4.90 Å². The molecule has 1 aromatic heterocycles. The fourth-order valence-electron chi connectivity index (χ4n) is 1.46. The first kappa shape index (κ1) is 19.3. The summed E-state index contributed by atoms with van der Waals surface area (Å²) in [6, 6.07) is 1.64. The van der Waals surface area contributed by atoms with Crippen LogP contribution in [-0.4, -0.2) is 33.6 Å². The van der Waals surface area contributed by atoms with Gasteiger partial charge in [-0.05, 0) is 70.5 Å². The molecule has 0 aliphatic heterocycles. The predicted octanol–water partition coefficient (Wildman–Crippen LogP) is 4.22. The number of ether oxygens (including phenoxy) is 2. The van der Waals surface area contributed by atoms with Crippen molar-refractivity contribution in [1.29, 1.82) is 0 Å². The highest BCUT2D eigenvalue weighted by molar-refractivity contribution is 9.10. The summed E-state index contributed by atoms with van der Waals surface area (Å²) >= 11 is 3.28. The highest BCUT2D eigenvalue weighted by Gasteiger charge is 2.35. The number of carbonyl (C=O) groups excluding carboxylic acids is 2. The number of anilines is 1. The SMILES string of the molecule is Cc1cc(Br)c(N(C(=O)OC(C)(C)C)C(=O)OC(C)(C)C)nn1. The lowest BCUT2D eigenvalue weighted by atomic mass is 10.2. The smallest absolute Gasteiger partial charge is 0.425 e. The Kier molecular flexibility index (Phi) is 5.74. The fourth-order valence-corrected chi connectivity index (χ4v) is 2.05. The lowest BCUT2D eigenvalue weighted by Gasteiger charge is -2.28. The van der Waals surface area contributed by atoms with Crippen LogP contribution in [0.4, 0.5) is 15.4 Å². The molecule has 1 aromatic rings. The van der Waals surface area contributed by atoms with Crippen molar-refractivity contribution in [3.05, 3.63) is 16.2 Å². The Morgan fingerprint density at radius 3 is 1.78 bits per heavy atom. The number of aromatic nitrogens is 2. The zero-order chi connectivity index (χ0) is 18.0. The third-order valence-electron chi connectivity index (χ3n) is 2.22. The van der Waals surface area contributed by atoms with Gasteiger partial charge in [-0.2, -0.15) is 10.00 Å². The summed E-state index contributed by atoms with van der Waals surface area (Å²) < 4.78 is 11.0. The maximum atomic E-state index is 12.4. The average molecular weight is 388 g/mol. The van der Waals surface area contributed by atoms with Crippen molar-refractivity contribution in [2.24, 2.45) is 0 Å². The molecule has 0 saturated heterocycles. The quantitative estimate of drug-likeness (QED) is 0.716. The van der Waals surface area contributed by atoms with Crippen molar-refractivity contribution < 1.29 is 19.1 Å². The van der Waals surface area contributed by atoms with Gasteiger partial charge in [-0.1, -0.05) is 0 Å². The van der Waals surface area contributed by atoms with E-state index in [0.29, 0.717) is 10.2 Å². The van der Waals surface area contributed by atoms with Crippen molar-refractivity contribution in [3.63, 3.8) is 0 Å². The first-order valence-electron chi connectivity index (χ1n) is 7.06. The van der Waals surface area contributed by atoms with Crippen LogP contribution in [0.1, 0.15) is 47.2 Å². The molecule has 0 aliphatic rings. The number of rotatable bonds is 1. The van der Waals surface area contributed by atoms with Gasteiger partial charge in [0.15, 0.2) is 5.82 Å². The van der Waals surface area contributed by atoms with E-state index in [1.54, 1.807) is 54.5 Å². The zero-order valence-corrected chi connectivity index (χ0v) is 16.0. The van der Waals surface area contributed by atoms with E-state index in [4.69, 9.17) is 9.47 Å². The monoisotopic (exact) mass is 387 g/mol. The van der Waals surface area contributed by atoms with Crippen LogP contribution in [0.3, 0.4) is 0 Å². The van der Waals surface area contributed by atoms with Crippen LogP contribution in [-0.2, 0) is 9.47 Å². The van der Waals surface area contributed by atoms with Crippen LogP contribution in [0.15, 0.2) is 10.5 Å². The van der Waals surface area contributed by atoms with Gasteiger partial charge in [0, 0.05) is 0 Å². The average Bonchev–Trinajstić information content (AvgIpc) is 2.27. The van der Waals surface area contributed by atoms with Gasteiger partial charge in [0.05, 0.1) is 10.2 Å². The van der Waals surface area contributed by atoms with Crippen LogP contribution in [0.5, 0.6) is 0 Å². The van der Waals surface area contributed by atoms with E-state index in [1.807, 2.05) is 0 Å². The molecule has 7 nitrogen and oxygen atoms in total. The van der Waals surface area contributed by atoms with E-state index < -0.39 is 23.4 Å². The van der Waals surface area contributed by atoms with Crippen LogP contribution in [0.25, 0.3) is 0 Å². The number of aryl methyl sites for hydroxylation is 1. The number of carbonyl (C=O) groups is 2. The second kappa shape index (κ2) is 6.82. The Labute approximate surface area is 144 Å². The summed E-state index contributed by atoms with van der Waals surface area (Å²) in [5.41, 5.74) is -0.918. The molecule has 128 valence electrons. The molecular formula is C15H22BrN3O4. The molecule has 23 heavy (non-hydrogen) atoms. The minimum atomic E-state index is -0.884. The topological polar surface area (TPSA) is 81.6 Å². The summed E-state index contributed by atoms with van der Waals surface area (Å²) in [5, 5.41) is 7.79. The van der Waals surface area contributed by atoms with E-state index in [2.05, 4.69) is 26.1 Å². The molecule has 0 unspecified atom stereocenters. The summed E-state index contributed by atoms with van der Waals surface area (Å²) in [4.78, 5) is 25.6. The molecule has 0 aromatic carbocycles. The molecule has 1 rings (SSSR count). The first-order chi connectivity index (χ1) is 10.3. The van der Waals surface area contributed by atoms with Gasteiger partial charge in [0.2, 0.25) is 0 Å². The number of imide groups is 1. The minimum Gasteiger partial charge on any atom is -0.443 e. The number of nitrogens with zero attached hydrogens (tertiary/aromatic N) is 3. The standard InChI is InChI=1S/C15H22BrN3O4/c1-9-8-10(16)11(18-17-9)19(12(20)22-14(2,3)4)13(21)23-15(5,6)7/h8H,1-7H3. The third-order valence-corrected chi connectivity index (χ3v) is 2.80. The van der Waals surface area contributed by atoms with Crippen LogP contribution in [0, 0.1) is 6.92 Å². The van der Waals surface area contributed by atoms with Crippen molar-refractivity contribution in [3.8, 4) is 0 Å². The Balaban J connectivity index is 3.25. The van der Waals surface area contributed by atoms with Crippen molar-refractivity contribution in [1.82, 2.24) is 10.2 Å². The highest BCUT2D eigenvalue weighted by atomic mass is 79.9. The molecule has 0 saturated carbocycles. The molecule has 0 bridgehead atoms. The van der Waals surface area contributed by atoms with Gasteiger partial charge >= 0.3 is 12.2 Å². The number of amides is 2. The van der Waals surface area contributed by atoms with Crippen molar-refractivity contribution >= 4 is 33.9 Å². The van der Waals surface area contributed by atoms with Gasteiger partial charge in [-0.3, -0.25) is 0 Å². The van der Waals surface area contributed by atoms with E-state index in [1.165, 1.54) is 0 Å². The largest absolute Gasteiger partial charge is 0.443 e. The van der Waals surface area contributed by atoms with Crippen molar-refractivity contribution in [2.45, 2.75) is 59.7 Å². The fraction of sp³-hybridized carbons (Fsp3) is 0.600. The van der Waals surface area contributed by atoms with E-state index >= 15 is 0 Å². The molecule has 0 aliphatic carbocycles. The Morgan fingerprint density at radius 2 is 1.43 bits per heavy atom. The van der Waals surface area contributed by atoms with Gasteiger partial charge < -0.3 is 9.47 Å². The highest BCUT2D eigenvalue weighted by Crippen LogP contribution is 2.27. The second-order valence-corrected chi connectivity index (χ2v) is 7.81. The Morgan fingerprint density at radius 1 is 1.00 bits per heavy atom. The molecule has 0 atom stereocenters. The summed E-state index contributed by atoms with van der Waals surface area (Å²) in [7, 11) is 0. The van der Waals surface area contributed by atoms with E-state index in [-0.39, 0.29) is 5.82 Å². The molecule has 0 fully saturated rings. The number of hydrogen-bond acceptors (Lipinski definition) is 6. The number of halogens is 1. The lowest BCUT2D eigenvalue weighted by Crippen LogP contribution is -2.44. The molecular weight excluding hydrogens is 366 g/mol. The van der Waals surface area contributed by atoms with Gasteiger partial charge in [0.1, 0.15) is 11.2 Å².